The number of nitrogens with zero attached hydrogens (tertiary/aromatic N) is 1. The van der Waals surface area contributed by atoms with Crippen molar-refractivity contribution >= 4 is 71.7 Å². The van der Waals surface area contributed by atoms with E-state index in [1.54, 1.807) is 0 Å². The Bertz CT molecular complexity index is 2100. The topological polar surface area (TPSA) is 29.5 Å². The molecule has 0 amide bonds. The van der Waals surface area contributed by atoms with Gasteiger partial charge in [0.2, 0.25) is 0 Å². The van der Waals surface area contributed by atoms with Gasteiger partial charge in [0, 0.05) is 27.2 Å². The predicted octanol–water partition coefficient (Wildman–Crippen LogP) is 10.1. The Balaban J connectivity index is 1.58. The third kappa shape index (κ3) is 2.95. The SMILES string of the molecule is c1ccc(N(c2cccc3c2oc2ccccc23)c2c3ccccc3cc3oc4ccccc4c23)cc1. The van der Waals surface area contributed by atoms with Crippen LogP contribution in [0.1, 0.15) is 0 Å². The summed E-state index contributed by atoms with van der Waals surface area (Å²) in [4.78, 5) is 2.33. The molecule has 2 heterocycles. The Kier molecular flexibility index (Phi) is 4.23. The second kappa shape index (κ2) is 7.74. The zero-order chi connectivity index (χ0) is 24.3. The van der Waals surface area contributed by atoms with Gasteiger partial charge in [-0.1, -0.05) is 91.0 Å². The lowest BCUT2D eigenvalue weighted by atomic mass is 10.0. The largest absolute Gasteiger partial charge is 0.456 e. The first kappa shape index (κ1) is 20.2. The summed E-state index contributed by atoms with van der Waals surface area (Å²) < 4.78 is 12.9. The first-order chi connectivity index (χ1) is 18.4. The van der Waals surface area contributed by atoms with Crippen LogP contribution >= 0.6 is 0 Å². The third-order valence-corrected chi connectivity index (χ3v) is 7.22. The van der Waals surface area contributed by atoms with Crippen LogP contribution in [-0.2, 0) is 0 Å². The fraction of sp³-hybridized carbons (Fsp3) is 0. The number of anilines is 3. The molecule has 3 nitrogen and oxygen atoms in total. The summed E-state index contributed by atoms with van der Waals surface area (Å²) >= 11 is 0. The lowest BCUT2D eigenvalue weighted by molar-refractivity contribution is 0.668. The highest BCUT2D eigenvalue weighted by Gasteiger charge is 2.25. The second-order valence-corrected chi connectivity index (χ2v) is 9.34. The van der Waals surface area contributed by atoms with Gasteiger partial charge in [0.05, 0.1) is 16.8 Å². The number of hydrogen-bond donors (Lipinski definition) is 0. The first-order valence-electron chi connectivity index (χ1n) is 12.5. The van der Waals surface area contributed by atoms with Crippen LogP contribution in [0, 0.1) is 0 Å². The molecule has 0 spiro atoms. The molecule has 6 aromatic carbocycles. The van der Waals surface area contributed by atoms with Crippen molar-refractivity contribution in [1.82, 2.24) is 0 Å². The standard InChI is InChI=1S/C34H21NO2/c1-2-12-23(13-3-1)35(28-18-10-17-26-25-15-6-8-19-29(25)37-34(26)28)33-24-14-5-4-11-22(24)21-31-32(33)27-16-7-9-20-30(27)36-31/h1-21H. The molecule has 0 saturated heterocycles. The Hall–Kier alpha value is -5.02. The number of hydrogen-bond acceptors (Lipinski definition) is 3. The van der Waals surface area contributed by atoms with Gasteiger partial charge in [0.1, 0.15) is 16.7 Å². The summed E-state index contributed by atoms with van der Waals surface area (Å²) in [6.07, 6.45) is 0. The van der Waals surface area contributed by atoms with Gasteiger partial charge in [-0.15, -0.1) is 0 Å². The van der Waals surface area contributed by atoms with E-state index in [0.717, 1.165) is 71.7 Å². The molecule has 0 radical (unpaired) electrons. The van der Waals surface area contributed by atoms with Gasteiger partial charge in [-0.25, -0.2) is 0 Å². The van der Waals surface area contributed by atoms with Gasteiger partial charge < -0.3 is 13.7 Å². The smallest absolute Gasteiger partial charge is 0.159 e. The molecule has 2 aromatic heterocycles. The van der Waals surface area contributed by atoms with Crippen molar-refractivity contribution in [2.75, 3.05) is 4.90 Å². The van der Waals surface area contributed by atoms with E-state index in [4.69, 9.17) is 8.83 Å². The molecule has 0 atom stereocenters. The first-order valence-corrected chi connectivity index (χ1v) is 12.5. The van der Waals surface area contributed by atoms with E-state index in [9.17, 15) is 0 Å². The summed E-state index contributed by atoms with van der Waals surface area (Å²) in [7, 11) is 0. The Morgan fingerprint density at radius 2 is 1.11 bits per heavy atom. The highest BCUT2D eigenvalue weighted by Crippen LogP contribution is 2.49. The summed E-state index contributed by atoms with van der Waals surface area (Å²) in [5, 5.41) is 6.68. The molecule has 0 fully saturated rings. The summed E-state index contributed by atoms with van der Waals surface area (Å²) in [5.41, 5.74) is 6.62. The van der Waals surface area contributed by atoms with Crippen molar-refractivity contribution in [3.63, 3.8) is 0 Å². The van der Waals surface area contributed by atoms with Crippen LogP contribution in [0.3, 0.4) is 0 Å². The van der Waals surface area contributed by atoms with Crippen molar-refractivity contribution < 1.29 is 8.83 Å². The molecular weight excluding hydrogens is 454 g/mol. The van der Waals surface area contributed by atoms with Crippen molar-refractivity contribution in [3.8, 4) is 0 Å². The highest BCUT2D eigenvalue weighted by molar-refractivity contribution is 6.23. The zero-order valence-electron chi connectivity index (χ0n) is 19.9. The van der Waals surface area contributed by atoms with Crippen LogP contribution in [0.2, 0.25) is 0 Å². The zero-order valence-corrected chi connectivity index (χ0v) is 19.9. The maximum Gasteiger partial charge on any atom is 0.159 e. The van der Waals surface area contributed by atoms with Crippen LogP contribution in [-0.4, -0.2) is 0 Å². The molecule has 0 aliphatic carbocycles. The minimum Gasteiger partial charge on any atom is -0.456 e. The van der Waals surface area contributed by atoms with Crippen molar-refractivity contribution in [2.45, 2.75) is 0 Å². The molecule has 0 aliphatic rings. The fourth-order valence-electron chi connectivity index (χ4n) is 5.63. The van der Waals surface area contributed by atoms with Gasteiger partial charge in [-0.3, -0.25) is 0 Å². The van der Waals surface area contributed by atoms with E-state index < -0.39 is 0 Å². The second-order valence-electron chi connectivity index (χ2n) is 9.34. The number of benzene rings is 6. The molecule has 0 unspecified atom stereocenters. The van der Waals surface area contributed by atoms with Crippen molar-refractivity contribution in [3.05, 3.63) is 127 Å². The molecule has 174 valence electrons. The molecule has 0 bridgehead atoms. The Labute approximate surface area is 212 Å². The number of rotatable bonds is 3. The van der Waals surface area contributed by atoms with Gasteiger partial charge in [-0.05, 0) is 41.8 Å². The minimum atomic E-state index is 0.862. The normalized spacial score (nSPS) is 11.8. The van der Waals surface area contributed by atoms with Crippen LogP contribution in [0.25, 0.3) is 54.6 Å². The van der Waals surface area contributed by atoms with Crippen LogP contribution in [0.4, 0.5) is 17.1 Å². The van der Waals surface area contributed by atoms with Gasteiger partial charge in [-0.2, -0.15) is 0 Å². The summed E-state index contributed by atoms with van der Waals surface area (Å²) in [5.74, 6) is 0. The van der Waals surface area contributed by atoms with Crippen molar-refractivity contribution in [1.29, 1.82) is 0 Å². The maximum atomic E-state index is 6.54. The summed E-state index contributed by atoms with van der Waals surface area (Å²) in [6, 6.07) is 44.1. The molecule has 8 aromatic rings. The molecule has 37 heavy (non-hydrogen) atoms. The quantitative estimate of drug-likeness (QED) is 0.255. The average Bonchev–Trinajstić information content (AvgIpc) is 3.52. The third-order valence-electron chi connectivity index (χ3n) is 7.22. The fourth-order valence-corrected chi connectivity index (χ4v) is 5.63. The van der Waals surface area contributed by atoms with Crippen LogP contribution < -0.4 is 4.90 Å². The van der Waals surface area contributed by atoms with Gasteiger partial charge >= 0.3 is 0 Å². The lowest BCUT2D eigenvalue weighted by Gasteiger charge is -2.27. The maximum absolute atomic E-state index is 6.54. The van der Waals surface area contributed by atoms with E-state index in [1.165, 1.54) is 0 Å². The average molecular weight is 476 g/mol. The molecule has 0 saturated carbocycles. The Morgan fingerprint density at radius 3 is 1.95 bits per heavy atom. The van der Waals surface area contributed by atoms with E-state index in [2.05, 4.69) is 108 Å². The molecule has 8 rings (SSSR count). The number of furan rings is 2. The molecule has 3 heteroatoms. The van der Waals surface area contributed by atoms with Gasteiger partial charge in [0.25, 0.3) is 0 Å². The Morgan fingerprint density at radius 1 is 0.459 bits per heavy atom. The number of fused-ring (bicyclic) bond motifs is 7. The number of para-hydroxylation sites is 4. The minimum absolute atomic E-state index is 0.862. The lowest BCUT2D eigenvalue weighted by Crippen LogP contribution is -2.11. The highest BCUT2D eigenvalue weighted by atomic mass is 16.3. The summed E-state index contributed by atoms with van der Waals surface area (Å²) in [6.45, 7) is 0. The monoisotopic (exact) mass is 475 g/mol. The predicted molar refractivity (Wildman–Crippen MR) is 153 cm³/mol. The van der Waals surface area contributed by atoms with E-state index in [-0.39, 0.29) is 0 Å². The van der Waals surface area contributed by atoms with E-state index >= 15 is 0 Å². The van der Waals surface area contributed by atoms with E-state index in [0.29, 0.717) is 0 Å². The van der Waals surface area contributed by atoms with Crippen molar-refractivity contribution in [2.24, 2.45) is 0 Å². The molecule has 0 N–H and O–H groups in total. The van der Waals surface area contributed by atoms with E-state index in [1.807, 2.05) is 24.3 Å². The van der Waals surface area contributed by atoms with Crippen LogP contribution in [0.5, 0.6) is 0 Å². The molecule has 0 aliphatic heterocycles. The van der Waals surface area contributed by atoms with Crippen LogP contribution in [0.15, 0.2) is 136 Å². The molecular formula is C34H21NO2. The van der Waals surface area contributed by atoms with Gasteiger partial charge in [0.15, 0.2) is 5.58 Å².